The van der Waals surface area contributed by atoms with Gasteiger partial charge in [0.2, 0.25) is 5.88 Å². The smallest absolute Gasteiger partial charge is 0.416 e. The Kier molecular flexibility index (Phi) is 6.38. The van der Waals surface area contributed by atoms with E-state index in [4.69, 9.17) is 13.9 Å². The van der Waals surface area contributed by atoms with Crippen LogP contribution in [0.2, 0.25) is 0 Å². The number of carbonyl (C=O) groups is 2. The quantitative estimate of drug-likeness (QED) is 0.657. The normalized spacial score (nSPS) is 15.0. The number of carbonyl (C=O) groups excluding carboxylic acids is 2. The summed E-state index contributed by atoms with van der Waals surface area (Å²) >= 11 is 0. The van der Waals surface area contributed by atoms with Gasteiger partial charge >= 0.3 is 18.1 Å². The van der Waals surface area contributed by atoms with Crippen LogP contribution in [-0.4, -0.2) is 32.2 Å². The molecule has 0 amide bonds. The van der Waals surface area contributed by atoms with Crippen LogP contribution in [0.5, 0.6) is 0 Å². The predicted octanol–water partition coefficient (Wildman–Crippen LogP) is 5.28. The van der Waals surface area contributed by atoms with Gasteiger partial charge in [-0.25, -0.2) is 9.59 Å². The van der Waals surface area contributed by atoms with Crippen LogP contribution in [0.4, 0.5) is 19.1 Å². The molecule has 0 bridgehead atoms. The highest BCUT2D eigenvalue weighted by Crippen LogP contribution is 2.38. The molecule has 1 heterocycles. The highest BCUT2D eigenvalue weighted by Gasteiger charge is 2.34. The summed E-state index contributed by atoms with van der Waals surface area (Å²) in [5.74, 6) is -1.68. The first kappa shape index (κ1) is 21.7. The highest BCUT2D eigenvalue weighted by molar-refractivity contribution is 6.10. The Morgan fingerprint density at radius 3 is 2.07 bits per heavy atom. The number of nitrogens with one attached hydrogen (secondary N) is 1. The average Bonchev–Trinajstić information content (AvgIpc) is 3.11. The summed E-state index contributed by atoms with van der Waals surface area (Å²) in [6.07, 6.45) is 0.375. The molecule has 9 heteroatoms. The maximum Gasteiger partial charge on any atom is 0.416 e. The Bertz CT molecular complexity index is 912. The largest absolute Gasteiger partial charge is 0.465 e. The van der Waals surface area contributed by atoms with Crippen LogP contribution < -0.4 is 5.32 Å². The van der Waals surface area contributed by atoms with E-state index < -0.39 is 23.7 Å². The molecule has 1 saturated carbocycles. The van der Waals surface area contributed by atoms with Gasteiger partial charge in [-0.15, -0.1) is 0 Å². The summed E-state index contributed by atoms with van der Waals surface area (Å²) in [6.45, 7) is 0. The molecule has 0 saturated heterocycles. The Labute approximate surface area is 171 Å². The fourth-order valence-corrected chi connectivity index (χ4v) is 3.57. The fourth-order valence-electron chi connectivity index (χ4n) is 3.57. The van der Waals surface area contributed by atoms with Gasteiger partial charge in [0.25, 0.3) is 0 Å². The van der Waals surface area contributed by atoms with Crippen molar-refractivity contribution >= 4 is 17.8 Å². The number of esters is 2. The number of ether oxygens (including phenoxy) is 2. The molecular weight excluding hydrogens is 403 g/mol. The summed E-state index contributed by atoms with van der Waals surface area (Å²) in [5, 5.41) is 3.15. The molecule has 0 atom stereocenters. The van der Waals surface area contributed by atoms with E-state index >= 15 is 0 Å². The van der Waals surface area contributed by atoms with Gasteiger partial charge < -0.3 is 19.2 Å². The van der Waals surface area contributed by atoms with Crippen molar-refractivity contribution < 1.29 is 36.7 Å². The van der Waals surface area contributed by atoms with E-state index in [1.165, 1.54) is 19.2 Å². The molecule has 1 fully saturated rings. The standard InChI is InChI=1S/C21H22F3NO5/c1-28-19(26)15-16(20(27)29-2)18(25-14-6-4-3-5-7-14)30-17(15)12-8-10-13(11-9-12)21(22,23)24/h8-11,14,25H,3-7H2,1-2H3. The number of hydrogen-bond donors (Lipinski definition) is 1. The third kappa shape index (κ3) is 4.44. The van der Waals surface area contributed by atoms with Crippen LogP contribution in [0, 0.1) is 0 Å². The van der Waals surface area contributed by atoms with Gasteiger partial charge in [-0.3, -0.25) is 0 Å². The van der Waals surface area contributed by atoms with Crippen LogP contribution in [0.1, 0.15) is 58.4 Å². The molecule has 0 aliphatic heterocycles. The predicted molar refractivity (Wildman–Crippen MR) is 102 cm³/mol. The number of rotatable bonds is 5. The molecule has 162 valence electrons. The van der Waals surface area contributed by atoms with Gasteiger partial charge in [0.1, 0.15) is 11.1 Å². The molecule has 6 nitrogen and oxygen atoms in total. The van der Waals surface area contributed by atoms with E-state index in [1.807, 2.05) is 0 Å². The lowest BCUT2D eigenvalue weighted by Crippen LogP contribution is -2.23. The maximum atomic E-state index is 12.9. The zero-order valence-electron chi connectivity index (χ0n) is 16.6. The van der Waals surface area contributed by atoms with E-state index in [1.54, 1.807) is 0 Å². The van der Waals surface area contributed by atoms with E-state index in [-0.39, 0.29) is 34.4 Å². The lowest BCUT2D eigenvalue weighted by molar-refractivity contribution is -0.137. The molecule has 2 aromatic rings. The SMILES string of the molecule is COC(=O)c1c(NC2CCCCC2)oc(-c2ccc(C(F)(F)F)cc2)c1C(=O)OC. The Morgan fingerprint density at radius 2 is 1.53 bits per heavy atom. The highest BCUT2D eigenvalue weighted by atomic mass is 19.4. The number of benzene rings is 1. The van der Waals surface area contributed by atoms with Crippen molar-refractivity contribution in [1.82, 2.24) is 0 Å². The number of alkyl halides is 3. The lowest BCUT2D eigenvalue weighted by atomic mass is 9.95. The second-order valence-electron chi connectivity index (χ2n) is 7.05. The van der Waals surface area contributed by atoms with Gasteiger partial charge in [-0.2, -0.15) is 13.2 Å². The van der Waals surface area contributed by atoms with E-state index in [9.17, 15) is 22.8 Å². The van der Waals surface area contributed by atoms with Gasteiger partial charge in [0, 0.05) is 11.6 Å². The number of halogens is 3. The maximum absolute atomic E-state index is 12.9. The summed E-state index contributed by atoms with van der Waals surface area (Å²) in [6, 6.07) is 4.16. The minimum atomic E-state index is -4.50. The molecule has 3 rings (SSSR count). The third-order valence-corrected chi connectivity index (χ3v) is 5.10. The van der Waals surface area contributed by atoms with Crippen molar-refractivity contribution in [1.29, 1.82) is 0 Å². The number of methoxy groups -OCH3 is 2. The molecular formula is C21H22F3NO5. The van der Waals surface area contributed by atoms with Crippen LogP contribution in [0.3, 0.4) is 0 Å². The van der Waals surface area contributed by atoms with Crippen LogP contribution >= 0.6 is 0 Å². The van der Waals surface area contributed by atoms with Crippen molar-refractivity contribution in [3.05, 3.63) is 41.0 Å². The molecule has 1 aliphatic rings. The molecule has 1 aliphatic carbocycles. The first-order valence-electron chi connectivity index (χ1n) is 9.53. The van der Waals surface area contributed by atoms with Crippen molar-refractivity contribution in [3.8, 4) is 11.3 Å². The van der Waals surface area contributed by atoms with Crippen molar-refractivity contribution in [3.63, 3.8) is 0 Å². The average molecular weight is 425 g/mol. The number of furan rings is 1. The topological polar surface area (TPSA) is 77.8 Å². The number of hydrogen-bond acceptors (Lipinski definition) is 6. The summed E-state index contributed by atoms with van der Waals surface area (Å²) in [7, 11) is 2.31. The van der Waals surface area contributed by atoms with Crippen LogP contribution in [0.15, 0.2) is 28.7 Å². The van der Waals surface area contributed by atoms with Crippen molar-refractivity contribution in [2.24, 2.45) is 0 Å². The first-order chi connectivity index (χ1) is 14.3. The minimum absolute atomic E-state index is 0.0410. The second kappa shape index (κ2) is 8.81. The summed E-state index contributed by atoms with van der Waals surface area (Å²) in [4.78, 5) is 25.0. The minimum Gasteiger partial charge on any atom is -0.465 e. The van der Waals surface area contributed by atoms with Crippen LogP contribution in [-0.2, 0) is 15.7 Å². The molecule has 0 unspecified atom stereocenters. The zero-order chi connectivity index (χ0) is 21.9. The summed E-state index contributed by atoms with van der Waals surface area (Å²) in [5.41, 5.74) is -0.969. The monoisotopic (exact) mass is 425 g/mol. The van der Waals surface area contributed by atoms with Gasteiger partial charge in [0.15, 0.2) is 5.76 Å². The second-order valence-corrected chi connectivity index (χ2v) is 7.05. The van der Waals surface area contributed by atoms with Gasteiger partial charge in [-0.05, 0) is 25.0 Å². The number of anilines is 1. The molecule has 1 aromatic carbocycles. The Balaban J connectivity index is 2.11. The van der Waals surface area contributed by atoms with E-state index in [0.29, 0.717) is 0 Å². The van der Waals surface area contributed by atoms with E-state index in [2.05, 4.69) is 5.32 Å². The third-order valence-electron chi connectivity index (χ3n) is 5.10. The summed E-state index contributed by atoms with van der Waals surface area (Å²) < 4.78 is 54.1. The Hall–Kier alpha value is -2.97. The molecule has 1 N–H and O–H groups in total. The first-order valence-corrected chi connectivity index (χ1v) is 9.53. The Morgan fingerprint density at radius 1 is 0.967 bits per heavy atom. The molecule has 30 heavy (non-hydrogen) atoms. The molecule has 1 aromatic heterocycles. The van der Waals surface area contributed by atoms with E-state index in [0.717, 1.165) is 51.3 Å². The van der Waals surface area contributed by atoms with Gasteiger partial charge in [0.05, 0.1) is 19.8 Å². The van der Waals surface area contributed by atoms with Crippen molar-refractivity contribution in [2.45, 2.75) is 44.3 Å². The fraction of sp³-hybridized carbons (Fsp3) is 0.429. The molecule has 0 spiro atoms. The van der Waals surface area contributed by atoms with Crippen molar-refractivity contribution in [2.75, 3.05) is 19.5 Å². The van der Waals surface area contributed by atoms with Crippen LogP contribution in [0.25, 0.3) is 11.3 Å². The zero-order valence-corrected chi connectivity index (χ0v) is 16.6. The molecule has 0 radical (unpaired) electrons. The van der Waals surface area contributed by atoms with Gasteiger partial charge in [-0.1, -0.05) is 31.4 Å². The lowest BCUT2D eigenvalue weighted by Gasteiger charge is -2.22.